The van der Waals surface area contributed by atoms with Gasteiger partial charge in [-0.25, -0.2) is 10.2 Å². The van der Waals surface area contributed by atoms with Gasteiger partial charge in [-0.05, 0) is 0 Å². The Labute approximate surface area is 74.0 Å². The number of carbonyl (C=O) groups excluding carboxylic acids is 2. The number of carboxylic acids is 1. The van der Waals surface area contributed by atoms with Crippen molar-refractivity contribution in [1.29, 1.82) is 5.41 Å². The number of rotatable bonds is 3. The molecule has 0 aliphatic carbocycles. The molecular formula is C6H10N2O5. The van der Waals surface area contributed by atoms with Crippen LogP contribution in [0.1, 0.15) is 6.42 Å². The van der Waals surface area contributed by atoms with Crippen LogP contribution in [-0.2, 0) is 19.1 Å². The molecule has 0 saturated heterocycles. The highest BCUT2D eigenvalue weighted by Gasteiger charge is 2.16. The van der Waals surface area contributed by atoms with E-state index in [1.54, 1.807) is 0 Å². The number of hydrogen-bond acceptors (Lipinski definition) is 6. The van der Waals surface area contributed by atoms with Crippen molar-refractivity contribution in [2.45, 2.75) is 12.5 Å². The van der Waals surface area contributed by atoms with Crippen molar-refractivity contribution in [3.8, 4) is 0 Å². The van der Waals surface area contributed by atoms with E-state index in [0.29, 0.717) is 0 Å². The summed E-state index contributed by atoms with van der Waals surface area (Å²) in [5.74, 6) is -1.82. The Kier molecular flexibility index (Phi) is 8.92. The highest BCUT2D eigenvalue weighted by molar-refractivity contribution is 5.81. The van der Waals surface area contributed by atoms with Gasteiger partial charge >= 0.3 is 11.9 Å². The summed E-state index contributed by atoms with van der Waals surface area (Å²) < 4.78 is 4.19. The lowest BCUT2D eigenvalue weighted by Gasteiger charge is -2.04. The third-order valence-corrected chi connectivity index (χ3v) is 0.898. The number of aliphatic carboxylic acids is 1. The van der Waals surface area contributed by atoms with E-state index in [1.165, 1.54) is 0 Å². The van der Waals surface area contributed by atoms with Crippen molar-refractivity contribution < 1.29 is 24.2 Å². The van der Waals surface area contributed by atoms with Crippen LogP contribution in [-0.4, -0.2) is 36.3 Å². The fourth-order valence-corrected chi connectivity index (χ4v) is 0.423. The first kappa shape index (κ1) is 13.8. The van der Waals surface area contributed by atoms with Gasteiger partial charge in [0.05, 0.1) is 13.5 Å². The number of carboxylic acid groups (broad SMARTS) is 1. The van der Waals surface area contributed by atoms with E-state index < -0.39 is 24.4 Å². The number of nitrogens with one attached hydrogen (secondary N) is 1. The number of isocyanates is 1. The number of nitrogens with two attached hydrogens (primary N) is 1. The fourth-order valence-electron chi connectivity index (χ4n) is 0.423. The summed E-state index contributed by atoms with van der Waals surface area (Å²) in [4.78, 5) is 28.7. The van der Waals surface area contributed by atoms with E-state index in [4.69, 9.17) is 21.0 Å². The van der Waals surface area contributed by atoms with Gasteiger partial charge in [-0.2, -0.15) is 0 Å². The van der Waals surface area contributed by atoms with Crippen LogP contribution < -0.4 is 5.73 Å². The number of hydrogen-bond donors (Lipinski definition) is 3. The van der Waals surface area contributed by atoms with Gasteiger partial charge < -0.3 is 15.6 Å². The van der Waals surface area contributed by atoms with Crippen LogP contribution in [0.4, 0.5) is 0 Å². The molecule has 74 valence electrons. The van der Waals surface area contributed by atoms with E-state index in [9.17, 15) is 9.59 Å². The molecule has 13 heavy (non-hydrogen) atoms. The Balaban J connectivity index is 0. The van der Waals surface area contributed by atoms with Crippen LogP contribution in [0.5, 0.6) is 0 Å². The largest absolute Gasteiger partial charge is 0.481 e. The molecule has 0 rings (SSSR count). The summed E-state index contributed by atoms with van der Waals surface area (Å²) in [6, 6.07) is -1.05. The van der Waals surface area contributed by atoms with Gasteiger partial charge in [-0.3, -0.25) is 9.59 Å². The van der Waals surface area contributed by atoms with Crippen molar-refractivity contribution in [3.63, 3.8) is 0 Å². The molecule has 0 spiro atoms. The van der Waals surface area contributed by atoms with Crippen molar-refractivity contribution >= 4 is 18.0 Å². The van der Waals surface area contributed by atoms with E-state index in [1.807, 2.05) is 0 Å². The number of esters is 1. The molecule has 0 fully saturated rings. The summed E-state index contributed by atoms with van der Waals surface area (Å²) in [7, 11) is 1.16. The van der Waals surface area contributed by atoms with Crippen LogP contribution in [0.3, 0.4) is 0 Å². The molecule has 0 saturated carbocycles. The normalized spacial score (nSPS) is 10.0. The molecule has 0 aromatic carbocycles. The lowest BCUT2D eigenvalue weighted by atomic mass is 10.2. The van der Waals surface area contributed by atoms with Gasteiger partial charge in [0, 0.05) is 0 Å². The average Bonchev–Trinajstić information content (AvgIpc) is 2.03. The van der Waals surface area contributed by atoms with E-state index in [0.717, 1.165) is 13.2 Å². The van der Waals surface area contributed by atoms with Crippen LogP contribution >= 0.6 is 0 Å². The van der Waals surface area contributed by atoms with Crippen molar-refractivity contribution in [3.05, 3.63) is 0 Å². The summed E-state index contributed by atoms with van der Waals surface area (Å²) in [5.41, 5.74) is 5.07. The van der Waals surface area contributed by atoms with Crippen molar-refractivity contribution in [2.24, 2.45) is 5.73 Å². The SMILES string of the molecule is COC(=O)C(N)CC(=O)O.N=C=O. The second-order valence-corrected chi connectivity index (χ2v) is 1.83. The lowest BCUT2D eigenvalue weighted by molar-refractivity contribution is -0.147. The molecule has 0 heterocycles. The first-order valence-electron chi connectivity index (χ1n) is 3.08. The minimum atomic E-state index is -1.11. The molecule has 4 N–H and O–H groups in total. The van der Waals surface area contributed by atoms with E-state index >= 15 is 0 Å². The molecule has 0 aromatic rings. The Morgan fingerprint density at radius 1 is 1.69 bits per heavy atom. The predicted octanol–water partition coefficient (Wildman–Crippen LogP) is -1.14. The maximum absolute atomic E-state index is 10.4. The van der Waals surface area contributed by atoms with Gasteiger partial charge in [0.25, 0.3) is 0 Å². The predicted molar refractivity (Wildman–Crippen MR) is 40.7 cm³/mol. The van der Waals surface area contributed by atoms with E-state index in [-0.39, 0.29) is 0 Å². The van der Waals surface area contributed by atoms with E-state index in [2.05, 4.69) is 4.74 Å². The maximum atomic E-state index is 10.4. The van der Waals surface area contributed by atoms with Crippen LogP contribution in [0.25, 0.3) is 0 Å². The van der Waals surface area contributed by atoms with Crippen molar-refractivity contribution in [1.82, 2.24) is 0 Å². The topological polar surface area (TPSA) is 131 Å². The Morgan fingerprint density at radius 2 is 2.08 bits per heavy atom. The molecule has 1 unspecified atom stereocenters. The molecule has 0 aromatic heterocycles. The van der Waals surface area contributed by atoms with Gasteiger partial charge in [0.2, 0.25) is 6.08 Å². The Hall–Kier alpha value is -1.72. The molecule has 0 amide bonds. The second kappa shape index (κ2) is 8.38. The number of methoxy groups -OCH3 is 1. The van der Waals surface area contributed by atoms with Crippen LogP contribution in [0.15, 0.2) is 0 Å². The van der Waals surface area contributed by atoms with Gasteiger partial charge in [0.15, 0.2) is 0 Å². The maximum Gasteiger partial charge on any atom is 0.323 e. The highest BCUT2D eigenvalue weighted by Crippen LogP contribution is 1.89. The summed E-state index contributed by atoms with van der Waals surface area (Å²) in [6.07, 6.45) is 0.354. The molecule has 0 aliphatic heterocycles. The second-order valence-electron chi connectivity index (χ2n) is 1.83. The van der Waals surface area contributed by atoms with Crippen LogP contribution in [0.2, 0.25) is 0 Å². The molecule has 0 bridgehead atoms. The molecule has 1 atom stereocenters. The summed E-state index contributed by atoms with van der Waals surface area (Å²) >= 11 is 0. The van der Waals surface area contributed by atoms with Gasteiger partial charge in [-0.15, -0.1) is 0 Å². The number of ether oxygens (including phenoxy) is 1. The van der Waals surface area contributed by atoms with Crippen molar-refractivity contribution in [2.75, 3.05) is 7.11 Å². The summed E-state index contributed by atoms with van der Waals surface area (Å²) in [6.45, 7) is 0. The zero-order chi connectivity index (χ0) is 10.9. The smallest absolute Gasteiger partial charge is 0.323 e. The molecule has 0 radical (unpaired) electrons. The third-order valence-electron chi connectivity index (χ3n) is 0.898. The molecule has 7 heteroatoms. The highest BCUT2D eigenvalue weighted by atomic mass is 16.5. The molecule has 7 nitrogen and oxygen atoms in total. The Bertz CT molecular complexity index is 209. The fraction of sp³-hybridized carbons (Fsp3) is 0.500. The number of carbonyl (C=O) groups is 2. The minimum Gasteiger partial charge on any atom is -0.481 e. The lowest BCUT2D eigenvalue weighted by Crippen LogP contribution is -2.33. The monoisotopic (exact) mass is 190 g/mol. The zero-order valence-corrected chi connectivity index (χ0v) is 6.94. The quantitative estimate of drug-likeness (QED) is 0.293. The average molecular weight is 190 g/mol. The minimum absolute atomic E-state index is 0.396. The van der Waals surface area contributed by atoms with Gasteiger partial charge in [0.1, 0.15) is 6.04 Å². The molecular weight excluding hydrogens is 180 g/mol. The van der Waals surface area contributed by atoms with Gasteiger partial charge in [-0.1, -0.05) is 0 Å². The summed E-state index contributed by atoms with van der Waals surface area (Å²) in [5, 5.41) is 13.5. The zero-order valence-electron chi connectivity index (χ0n) is 6.94. The first-order chi connectivity index (χ1) is 5.99. The first-order valence-corrected chi connectivity index (χ1v) is 3.08. The third kappa shape index (κ3) is 10.3. The standard InChI is InChI=1S/C5H9NO4.CHNO/c1-10-5(9)3(6)2-4(7)8;2-1-3/h3H,2,6H2,1H3,(H,7,8);2H. The molecule has 0 aliphatic rings. The van der Waals surface area contributed by atoms with Crippen LogP contribution in [0, 0.1) is 5.41 Å². The Morgan fingerprint density at radius 3 is 2.31 bits per heavy atom.